The lowest BCUT2D eigenvalue weighted by Gasteiger charge is -2.32. The van der Waals surface area contributed by atoms with Gasteiger partial charge in [0.15, 0.2) is 5.96 Å². The highest BCUT2D eigenvalue weighted by Crippen LogP contribution is 2.26. The molecule has 0 aromatic carbocycles. The second kappa shape index (κ2) is 5.89. The van der Waals surface area contributed by atoms with Gasteiger partial charge in [-0.15, -0.1) is 0 Å². The topological polar surface area (TPSA) is 41.6 Å². The van der Waals surface area contributed by atoms with Crippen LogP contribution in [0.15, 0.2) is 4.99 Å². The summed E-state index contributed by atoms with van der Waals surface area (Å²) in [6, 6.07) is 0. The van der Waals surface area contributed by atoms with Crippen molar-refractivity contribution < 1.29 is 0 Å². The third kappa shape index (κ3) is 3.20. The van der Waals surface area contributed by atoms with Crippen LogP contribution in [0.4, 0.5) is 0 Å². The molecule has 2 N–H and O–H groups in total. The lowest BCUT2D eigenvalue weighted by atomic mass is 9.85. The van der Waals surface area contributed by atoms with Crippen molar-refractivity contribution in [3.8, 4) is 0 Å². The second-order valence-electron chi connectivity index (χ2n) is 4.08. The molecule has 0 saturated heterocycles. The van der Waals surface area contributed by atoms with E-state index in [-0.39, 0.29) is 0 Å². The summed E-state index contributed by atoms with van der Waals surface area (Å²) in [5.41, 5.74) is 5.92. The van der Waals surface area contributed by atoms with Gasteiger partial charge in [-0.2, -0.15) is 0 Å². The quantitative estimate of drug-likeness (QED) is 0.539. The molecule has 0 atom stereocenters. The fourth-order valence-electron chi connectivity index (χ4n) is 1.70. The van der Waals surface area contributed by atoms with E-state index in [2.05, 4.69) is 23.7 Å². The van der Waals surface area contributed by atoms with Crippen LogP contribution in [0.1, 0.15) is 39.5 Å². The standard InChI is InChI=1S/C11H23N3/c1-3-8-13-11(12)14(4-2)9-10-6-5-7-10/h10H,3-9H2,1-2H3,(H2,12,13). The smallest absolute Gasteiger partial charge is 0.191 e. The fourth-order valence-corrected chi connectivity index (χ4v) is 1.70. The van der Waals surface area contributed by atoms with Crippen LogP contribution in [-0.4, -0.2) is 30.5 Å². The minimum absolute atomic E-state index is 0.737. The van der Waals surface area contributed by atoms with Crippen LogP contribution >= 0.6 is 0 Å². The Labute approximate surface area is 87.4 Å². The monoisotopic (exact) mass is 197 g/mol. The third-order valence-electron chi connectivity index (χ3n) is 2.91. The lowest BCUT2D eigenvalue weighted by molar-refractivity contribution is 0.243. The Morgan fingerprint density at radius 3 is 2.57 bits per heavy atom. The molecule has 0 bridgehead atoms. The van der Waals surface area contributed by atoms with Crippen LogP contribution in [0.5, 0.6) is 0 Å². The molecular formula is C11H23N3. The number of hydrogen-bond acceptors (Lipinski definition) is 1. The summed E-state index contributed by atoms with van der Waals surface area (Å²) in [5.74, 6) is 1.60. The molecule has 1 saturated carbocycles. The van der Waals surface area contributed by atoms with E-state index in [0.29, 0.717) is 0 Å². The van der Waals surface area contributed by atoms with Gasteiger partial charge in [-0.1, -0.05) is 13.3 Å². The molecule has 0 heterocycles. The van der Waals surface area contributed by atoms with E-state index in [9.17, 15) is 0 Å². The van der Waals surface area contributed by atoms with E-state index < -0.39 is 0 Å². The largest absolute Gasteiger partial charge is 0.370 e. The highest BCUT2D eigenvalue weighted by molar-refractivity contribution is 5.78. The highest BCUT2D eigenvalue weighted by Gasteiger charge is 2.20. The Kier molecular flexibility index (Phi) is 4.77. The third-order valence-corrected chi connectivity index (χ3v) is 2.91. The Hall–Kier alpha value is -0.730. The molecule has 1 aliphatic carbocycles. The van der Waals surface area contributed by atoms with Crippen LogP contribution in [0, 0.1) is 5.92 Å². The van der Waals surface area contributed by atoms with Gasteiger partial charge < -0.3 is 10.6 Å². The van der Waals surface area contributed by atoms with Gasteiger partial charge in [0.2, 0.25) is 0 Å². The van der Waals surface area contributed by atoms with Crippen molar-refractivity contribution in [1.82, 2.24) is 4.90 Å². The number of rotatable bonds is 5. The van der Waals surface area contributed by atoms with Gasteiger partial charge in [0.1, 0.15) is 0 Å². The van der Waals surface area contributed by atoms with Gasteiger partial charge >= 0.3 is 0 Å². The Morgan fingerprint density at radius 1 is 1.43 bits per heavy atom. The van der Waals surface area contributed by atoms with E-state index in [0.717, 1.165) is 37.9 Å². The average Bonchev–Trinajstić information content (AvgIpc) is 2.13. The first-order chi connectivity index (χ1) is 6.77. The van der Waals surface area contributed by atoms with Crippen LogP contribution in [0.25, 0.3) is 0 Å². The van der Waals surface area contributed by atoms with Crippen LogP contribution in [0.2, 0.25) is 0 Å². The van der Waals surface area contributed by atoms with Crippen LogP contribution in [0.3, 0.4) is 0 Å². The molecule has 1 fully saturated rings. The zero-order valence-electron chi connectivity index (χ0n) is 9.50. The van der Waals surface area contributed by atoms with Crippen molar-refractivity contribution in [2.24, 2.45) is 16.6 Å². The van der Waals surface area contributed by atoms with Crippen molar-refractivity contribution in [2.75, 3.05) is 19.6 Å². The normalized spacial score (nSPS) is 18.0. The summed E-state index contributed by atoms with van der Waals surface area (Å²) in [4.78, 5) is 6.55. The number of hydrogen-bond donors (Lipinski definition) is 1. The first-order valence-corrected chi connectivity index (χ1v) is 5.82. The zero-order chi connectivity index (χ0) is 10.4. The molecule has 0 spiro atoms. The molecule has 82 valence electrons. The van der Waals surface area contributed by atoms with Crippen LogP contribution in [-0.2, 0) is 0 Å². The maximum Gasteiger partial charge on any atom is 0.191 e. The van der Waals surface area contributed by atoms with Gasteiger partial charge in [0.05, 0.1) is 0 Å². The summed E-state index contributed by atoms with van der Waals surface area (Å²) in [5, 5.41) is 0. The maximum absolute atomic E-state index is 5.92. The number of nitrogens with two attached hydrogens (primary N) is 1. The van der Waals surface area contributed by atoms with Crippen molar-refractivity contribution in [3.63, 3.8) is 0 Å². The average molecular weight is 197 g/mol. The van der Waals surface area contributed by atoms with Crippen molar-refractivity contribution >= 4 is 5.96 Å². The molecule has 1 aliphatic rings. The first kappa shape index (κ1) is 11.3. The molecule has 3 nitrogen and oxygen atoms in total. The summed E-state index contributed by atoms with van der Waals surface area (Å²) in [6.07, 6.45) is 5.21. The minimum Gasteiger partial charge on any atom is -0.370 e. The van der Waals surface area contributed by atoms with Crippen LogP contribution < -0.4 is 5.73 Å². The summed E-state index contributed by atoms with van der Waals surface area (Å²) < 4.78 is 0. The Balaban J connectivity index is 2.34. The SMILES string of the molecule is CCCN=C(N)N(CC)CC1CCC1. The van der Waals surface area contributed by atoms with Gasteiger partial charge in [0, 0.05) is 19.6 Å². The Bertz CT molecular complexity index is 185. The lowest BCUT2D eigenvalue weighted by Crippen LogP contribution is -2.41. The molecular weight excluding hydrogens is 174 g/mol. The zero-order valence-corrected chi connectivity index (χ0v) is 9.50. The predicted octanol–water partition coefficient (Wildman–Crippen LogP) is 1.83. The molecule has 1 rings (SSSR count). The molecule has 14 heavy (non-hydrogen) atoms. The molecule has 0 unspecified atom stereocenters. The predicted molar refractivity (Wildman–Crippen MR) is 61.4 cm³/mol. The second-order valence-corrected chi connectivity index (χ2v) is 4.08. The first-order valence-electron chi connectivity index (χ1n) is 5.82. The van der Waals surface area contributed by atoms with E-state index in [4.69, 9.17) is 5.73 Å². The van der Waals surface area contributed by atoms with Gasteiger partial charge in [-0.05, 0) is 32.1 Å². The Morgan fingerprint density at radius 2 is 2.14 bits per heavy atom. The fraction of sp³-hybridized carbons (Fsp3) is 0.909. The van der Waals surface area contributed by atoms with Crippen molar-refractivity contribution in [1.29, 1.82) is 0 Å². The van der Waals surface area contributed by atoms with Gasteiger partial charge in [0.25, 0.3) is 0 Å². The summed E-state index contributed by atoms with van der Waals surface area (Å²) in [7, 11) is 0. The molecule has 0 amide bonds. The number of nitrogens with zero attached hydrogens (tertiary/aromatic N) is 2. The van der Waals surface area contributed by atoms with E-state index in [1.54, 1.807) is 0 Å². The van der Waals surface area contributed by atoms with Gasteiger partial charge in [-0.25, -0.2) is 0 Å². The number of guanidine groups is 1. The maximum atomic E-state index is 5.92. The molecule has 0 aromatic rings. The summed E-state index contributed by atoms with van der Waals surface area (Å²) >= 11 is 0. The van der Waals surface area contributed by atoms with Gasteiger partial charge in [-0.3, -0.25) is 4.99 Å². The molecule has 3 heteroatoms. The molecule has 0 radical (unpaired) electrons. The number of aliphatic imine (C=N–C) groups is 1. The van der Waals surface area contributed by atoms with Crippen molar-refractivity contribution in [2.45, 2.75) is 39.5 Å². The van der Waals surface area contributed by atoms with Crippen molar-refractivity contribution in [3.05, 3.63) is 0 Å². The summed E-state index contributed by atoms with van der Waals surface area (Å²) in [6.45, 7) is 7.21. The molecule has 0 aromatic heterocycles. The molecule has 0 aliphatic heterocycles. The van der Waals surface area contributed by atoms with E-state index in [1.165, 1.54) is 19.3 Å². The minimum atomic E-state index is 0.737. The van der Waals surface area contributed by atoms with E-state index in [1.807, 2.05) is 0 Å². The van der Waals surface area contributed by atoms with E-state index >= 15 is 0 Å². The highest BCUT2D eigenvalue weighted by atomic mass is 15.2.